The summed E-state index contributed by atoms with van der Waals surface area (Å²) in [6.45, 7) is 1.65. The molecule has 2 saturated heterocycles. The maximum atomic E-state index is 11.8. The summed E-state index contributed by atoms with van der Waals surface area (Å²) in [5.41, 5.74) is 0. The third-order valence-corrected chi connectivity index (χ3v) is 3.98. The molecule has 2 heterocycles. The lowest BCUT2D eigenvalue weighted by atomic mass is 9.89. The molecule has 0 radical (unpaired) electrons. The zero-order valence-corrected chi connectivity index (χ0v) is 11.1. The lowest BCUT2D eigenvalue weighted by Gasteiger charge is -2.28. The first kappa shape index (κ1) is 13.3. The molecule has 2 unspecified atom stereocenters. The van der Waals surface area contributed by atoms with Crippen molar-refractivity contribution in [3.8, 4) is 0 Å². The van der Waals surface area contributed by atoms with Crippen LogP contribution in [-0.4, -0.2) is 37.1 Å². The first-order valence-corrected chi connectivity index (χ1v) is 6.71. The van der Waals surface area contributed by atoms with Gasteiger partial charge in [-0.1, -0.05) is 0 Å². The molecular weight excluding hydrogens is 232 g/mol. The van der Waals surface area contributed by atoms with Crippen molar-refractivity contribution in [2.75, 3.05) is 7.11 Å². The van der Waals surface area contributed by atoms with Crippen LogP contribution >= 0.6 is 0 Å². The average Bonchev–Trinajstić information content (AvgIpc) is 2.67. The van der Waals surface area contributed by atoms with Gasteiger partial charge in [0.1, 0.15) is 6.04 Å². The van der Waals surface area contributed by atoms with Crippen molar-refractivity contribution in [2.24, 2.45) is 5.92 Å². The number of hydrogen-bond donors (Lipinski definition) is 2. The monoisotopic (exact) mass is 254 g/mol. The molecule has 18 heavy (non-hydrogen) atoms. The Kier molecular flexibility index (Phi) is 4.22. The van der Waals surface area contributed by atoms with E-state index in [4.69, 9.17) is 0 Å². The predicted molar refractivity (Wildman–Crippen MR) is 66.9 cm³/mol. The van der Waals surface area contributed by atoms with Crippen molar-refractivity contribution < 1.29 is 14.3 Å². The van der Waals surface area contributed by atoms with E-state index in [1.54, 1.807) is 6.92 Å². The Morgan fingerprint density at radius 3 is 2.50 bits per heavy atom. The molecule has 0 aromatic carbocycles. The normalized spacial score (nSPS) is 31.8. The van der Waals surface area contributed by atoms with Gasteiger partial charge in [-0.3, -0.25) is 4.79 Å². The van der Waals surface area contributed by atoms with E-state index < -0.39 is 12.0 Å². The third-order valence-electron chi connectivity index (χ3n) is 3.98. The quantitative estimate of drug-likeness (QED) is 0.720. The second-order valence-corrected chi connectivity index (χ2v) is 5.49. The number of carbonyl (C=O) groups is 2. The lowest BCUT2D eigenvalue weighted by molar-refractivity contribution is -0.144. The van der Waals surface area contributed by atoms with Crippen LogP contribution in [0.15, 0.2) is 0 Å². The van der Waals surface area contributed by atoms with E-state index >= 15 is 0 Å². The van der Waals surface area contributed by atoms with Gasteiger partial charge in [0.05, 0.1) is 7.11 Å². The highest BCUT2D eigenvalue weighted by molar-refractivity contribution is 5.84. The second kappa shape index (κ2) is 5.69. The number of methoxy groups -OCH3 is 1. The molecule has 102 valence electrons. The number of esters is 1. The van der Waals surface area contributed by atoms with Gasteiger partial charge in [0.25, 0.3) is 0 Å². The van der Waals surface area contributed by atoms with Crippen molar-refractivity contribution in [2.45, 2.75) is 57.2 Å². The predicted octanol–water partition coefficient (Wildman–Crippen LogP) is 0.585. The molecule has 5 nitrogen and oxygen atoms in total. The van der Waals surface area contributed by atoms with Gasteiger partial charge in [0, 0.05) is 18.5 Å². The summed E-state index contributed by atoms with van der Waals surface area (Å²) >= 11 is 0. The van der Waals surface area contributed by atoms with Crippen LogP contribution in [-0.2, 0) is 14.3 Å². The van der Waals surface area contributed by atoms with E-state index in [0.717, 1.165) is 12.8 Å². The Morgan fingerprint density at radius 1 is 1.33 bits per heavy atom. The Labute approximate surface area is 108 Å². The molecule has 1 amide bonds. The molecule has 0 spiro atoms. The van der Waals surface area contributed by atoms with E-state index in [1.807, 2.05) is 0 Å². The van der Waals surface area contributed by atoms with Crippen LogP contribution < -0.4 is 10.6 Å². The fourth-order valence-corrected chi connectivity index (χ4v) is 3.14. The van der Waals surface area contributed by atoms with Crippen molar-refractivity contribution >= 4 is 11.9 Å². The number of nitrogens with one attached hydrogen (secondary N) is 2. The van der Waals surface area contributed by atoms with Crippen LogP contribution in [0, 0.1) is 5.92 Å². The number of carbonyl (C=O) groups excluding carboxylic acids is 2. The molecule has 0 aliphatic carbocycles. The Balaban J connectivity index is 1.76. The molecule has 2 rings (SSSR count). The molecule has 2 N–H and O–H groups in total. The van der Waals surface area contributed by atoms with Crippen LogP contribution in [0.2, 0.25) is 0 Å². The van der Waals surface area contributed by atoms with Crippen molar-refractivity contribution in [3.63, 3.8) is 0 Å². The molecular formula is C13H22N2O3. The zero-order chi connectivity index (χ0) is 13.1. The minimum Gasteiger partial charge on any atom is -0.467 e. The highest BCUT2D eigenvalue weighted by Crippen LogP contribution is 2.32. The number of ether oxygens (including phenoxy) is 1. The van der Waals surface area contributed by atoms with Crippen molar-refractivity contribution in [1.82, 2.24) is 10.6 Å². The van der Waals surface area contributed by atoms with Crippen LogP contribution in [0.5, 0.6) is 0 Å². The molecule has 2 aliphatic rings. The summed E-state index contributed by atoms with van der Waals surface area (Å²) in [6.07, 6.45) is 5.16. The highest BCUT2D eigenvalue weighted by Gasteiger charge is 2.34. The minimum atomic E-state index is -0.555. The Bertz CT molecular complexity index is 320. The number of piperidine rings is 1. The van der Waals surface area contributed by atoms with Gasteiger partial charge in [-0.25, -0.2) is 4.79 Å². The van der Waals surface area contributed by atoms with E-state index in [2.05, 4.69) is 15.4 Å². The number of rotatable bonds is 4. The summed E-state index contributed by atoms with van der Waals surface area (Å²) in [7, 11) is 1.33. The standard InChI is InChI=1S/C13H22N2O3/c1-8(13(17)18-2)14-12(16)7-9-5-10-3-4-11(6-9)15-10/h8-11,15H,3-7H2,1-2H3,(H,14,16)/t8-,9?,10?,11?/m1/s1. The molecule has 2 bridgehead atoms. The molecule has 0 aromatic heterocycles. The Morgan fingerprint density at radius 2 is 1.94 bits per heavy atom. The summed E-state index contributed by atoms with van der Waals surface area (Å²) in [6, 6.07) is 0.639. The van der Waals surface area contributed by atoms with Gasteiger partial charge in [-0.05, 0) is 38.5 Å². The first-order chi connectivity index (χ1) is 8.58. The van der Waals surface area contributed by atoms with Crippen molar-refractivity contribution in [1.29, 1.82) is 0 Å². The van der Waals surface area contributed by atoms with Gasteiger partial charge < -0.3 is 15.4 Å². The second-order valence-electron chi connectivity index (χ2n) is 5.49. The maximum Gasteiger partial charge on any atom is 0.328 e. The third kappa shape index (κ3) is 3.22. The summed E-state index contributed by atoms with van der Waals surface area (Å²) in [5, 5.41) is 6.25. The molecule has 3 atom stereocenters. The van der Waals surface area contributed by atoms with E-state index in [-0.39, 0.29) is 5.91 Å². The average molecular weight is 254 g/mol. The van der Waals surface area contributed by atoms with E-state index in [9.17, 15) is 9.59 Å². The summed E-state index contributed by atoms with van der Waals surface area (Å²) in [5.74, 6) is 0.0153. The van der Waals surface area contributed by atoms with Gasteiger partial charge >= 0.3 is 5.97 Å². The van der Waals surface area contributed by atoms with Gasteiger partial charge in [-0.15, -0.1) is 0 Å². The van der Waals surface area contributed by atoms with Gasteiger partial charge in [-0.2, -0.15) is 0 Å². The minimum absolute atomic E-state index is 0.0424. The van der Waals surface area contributed by atoms with E-state index in [0.29, 0.717) is 24.4 Å². The molecule has 2 fully saturated rings. The molecule has 2 aliphatic heterocycles. The van der Waals surface area contributed by atoms with Gasteiger partial charge in [0.15, 0.2) is 0 Å². The maximum absolute atomic E-state index is 11.8. The highest BCUT2D eigenvalue weighted by atomic mass is 16.5. The van der Waals surface area contributed by atoms with Crippen LogP contribution in [0.1, 0.15) is 39.0 Å². The van der Waals surface area contributed by atoms with Gasteiger partial charge in [0.2, 0.25) is 5.91 Å². The van der Waals surface area contributed by atoms with Crippen LogP contribution in [0.25, 0.3) is 0 Å². The first-order valence-electron chi connectivity index (χ1n) is 6.71. The lowest BCUT2D eigenvalue weighted by Crippen LogP contribution is -2.42. The van der Waals surface area contributed by atoms with Crippen LogP contribution in [0.3, 0.4) is 0 Å². The van der Waals surface area contributed by atoms with Crippen LogP contribution in [0.4, 0.5) is 0 Å². The van der Waals surface area contributed by atoms with Crippen molar-refractivity contribution in [3.05, 3.63) is 0 Å². The fourth-order valence-electron chi connectivity index (χ4n) is 3.14. The Hall–Kier alpha value is -1.10. The fraction of sp³-hybridized carbons (Fsp3) is 0.846. The molecule has 0 saturated carbocycles. The molecule has 0 aromatic rings. The number of hydrogen-bond acceptors (Lipinski definition) is 4. The number of fused-ring (bicyclic) bond motifs is 2. The topological polar surface area (TPSA) is 67.4 Å². The summed E-state index contributed by atoms with van der Waals surface area (Å²) in [4.78, 5) is 23.0. The smallest absolute Gasteiger partial charge is 0.328 e. The molecule has 5 heteroatoms. The number of amides is 1. The van der Waals surface area contributed by atoms with E-state index in [1.165, 1.54) is 20.0 Å². The summed E-state index contributed by atoms with van der Waals surface area (Å²) < 4.78 is 4.58. The zero-order valence-electron chi connectivity index (χ0n) is 11.1. The SMILES string of the molecule is COC(=O)[C@@H](C)NC(=O)CC1CC2CCC(C1)N2. The largest absolute Gasteiger partial charge is 0.467 e.